The molecule has 1 aromatic rings. The summed E-state index contributed by atoms with van der Waals surface area (Å²) < 4.78 is 38.6. The van der Waals surface area contributed by atoms with Crippen LogP contribution in [0.15, 0.2) is 40.2 Å². The predicted molar refractivity (Wildman–Crippen MR) is 59.7 cm³/mol. The molecule has 82 valence electrons. The summed E-state index contributed by atoms with van der Waals surface area (Å²) >= 11 is 3.02. The minimum atomic E-state index is -3.66. The maximum atomic E-state index is 12.8. The average molecular weight is 294 g/mol. The van der Waals surface area contributed by atoms with E-state index in [2.05, 4.69) is 27.2 Å². The molecule has 0 saturated heterocycles. The first-order valence-corrected chi connectivity index (χ1v) is 6.28. The molecule has 1 N–H and O–H groups in total. The first-order chi connectivity index (χ1) is 6.92. The van der Waals surface area contributed by atoms with Crippen LogP contribution in [0.3, 0.4) is 0 Å². The van der Waals surface area contributed by atoms with Crippen molar-refractivity contribution in [1.82, 2.24) is 4.72 Å². The Morgan fingerprint density at radius 3 is 2.73 bits per heavy atom. The smallest absolute Gasteiger partial charge is 0.207 e. The van der Waals surface area contributed by atoms with Crippen LogP contribution in [0, 0.1) is 5.82 Å². The second-order valence-electron chi connectivity index (χ2n) is 2.80. The fourth-order valence-corrected chi connectivity index (χ4v) is 2.27. The Kier molecular flexibility index (Phi) is 4.01. The van der Waals surface area contributed by atoms with Crippen LogP contribution in [0.4, 0.5) is 4.39 Å². The first kappa shape index (κ1) is 12.4. The zero-order valence-electron chi connectivity index (χ0n) is 7.70. The third kappa shape index (κ3) is 3.73. The number of hydrogen-bond donors (Lipinski definition) is 1. The van der Waals surface area contributed by atoms with Crippen LogP contribution < -0.4 is 4.72 Å². The molecule has 0 atom stereocenters. The highest BCUT2D eigenvalue weighted by molar-refractivity contribution is 9.11. The summed E-state index contributed by atoms with van der Waals surface area (Å²) in [4.78, 5) is -0.101. The highest BCUT2D eigenvalue weighted by Gasteiger charge is 2.13. The lowest BCUT2D eigenvalue weighted by Crippen LogP contribution is -2.24. The number of rotatable bonds is 4. The van der Waals surface area contributed by atoms with Crippen molar-refractivity contribution in [3.63, 3.8) is 0 Å². The summed E-state index contributed by atoms with van der Waals surface area (Å²) in [5, 5.41) is 0. The average Bonchev–Trinajstić information content (AvgIpc) is 2.15. The molecule has 0 aliphatic carbocycles. The van der Waals surface area contributed by atoms with Crippen LogP contribution in [0.2, 0.25) is 0 Å². The Hall–Kier alpha value is -0.720. The zero-order valence-corrected chi connectivity index (χ0v) is 10.1. The van der Waals surface area contributed by atoms with E-state index in [4.69, 9.17) is 0 Å². The van der Waals surface area contributed by atoms with Crippen molar-refractivity contribution < 1.29 is 12.8 Å². The first-order valence-electron chi connectivity index (χ1n) is 4.00. The fourth-order valence-electron chi connectivity index (χ4n) is 0.891. The second-order valence-corrected chi connectivity index (χ2v) is 5.69. The largest absolute Gasteiger partial charge is 0.240 e. The predicted octanol–water partition coefficient (Wildman–Crippen LogP) is 2.01. The summed E-state index contributed by atoms with van der Waals surface area (Å²) in [6.45, 7) is 3.55. The van der Waals surface area contributed by atoms with Gasteiger partial charge in [0.05, 0.1) is 4.90 Å². The number of sulfonamides is 1. The van der Waals surface area contributed by atoms with Crippen LogP contribution >= 0.6 is 15.9 Å². The molecule has 6 heteroatoms. The Morgan fingerprint density at radius 1 is 1.53 bits per heavy atom. The van der Waals surface area contributed by atoms with E-state index in [1.165, 1.54) is 18.2 Å². The van der Waals surface area contributed by atoms with Crippen LogP contribution in [0.25, 0.3) is 0 Å². The van der Waals surface area contributed by atoms with Gasteiger partial charge in [-0.2, -0.15) is 0 Å². The number of halogens is 2. The van der Waals surface area contributed by atoms with Gasteiger partial charge in [0.15, 0.2) is 0 Å². The van der Waals surface area contributed by atoms with Crippen LogP contribution in [0.1, 0.15) is 0 Å². The van der Waals surface area contributed by atoms with Crippen molar-refractivity contribution in [2.24, 2.45) is 0 Å². The van der Waals surface area contributed by atoms with Crippen molar-refractivity contribution in [3.8, 4) is 0 Å². The quantitative estimate of drug-likeness (QED) is 0.923. The van der Waals surface area contributed by atoms with Crippen LogP contribution in [-0.4, -0.2) is 15.0 Å². The summed E-state index contributed by atoms with van der Waals surface area (Å²) in [7, 11) is -3.66. The highest BCUT2D eigenvalue weighted by Crippen LogP contribution is 2.10. The number of benzene rings is 1. The van der Waals surface area contributed by atoms with E-state index >= 15 is 0 Å². The van der Waals surface area contributed by atoms with Gasteiger partial charge in [-0.1, -0.05) is 28.6 Å². The van der Waals surface area contributed by atoms with Crippen molar-refractivity contribution in [1.29, 1.82) is 0 Å². The lowest BCUT2D eigenvalue weighted by Gasteiger charge is -2.05. The summed E-state index contributed by atoms with van der Waals surface area (Å²) in [5.41, 5.74) is 0. The SMILES string of the molecule is C=C(Br)CNS(=O)(=O)c1cccc(F)c1. The maximum Gasteiger partial charge on any atom is 0.240 e. The van der Waals surface area contributed by atoms with Gasteiger partial charge < -0.3 is 0 Å². The Labute approximate surface area is 96.2 Å². The zero-order chi connectivity index (χ0) is 11.5. The molecule has 0 aromatic heterocycles. The highest BCUT2D eigenvalue weighted by atomic mass is 79.9. The van der Waals surface area contributed by atoms with E-state index in [9.17, 15) is 12.8 Å². The fraction of sp³-hybridized carbons (Fsp3) is 0.111. The lowest BCUT2D eigenvalue weighted by molar-refractivity contribution is 0.581. The molecule has 1 aromatic carbocycles. The van der Waals surface area contributed by atoms with Gasteiger partial charge in [0.2, 0.25) is 10.0 Å². The summed E-state index contributed by atoms with van der Waals surface area (Å²) in [6.07, 6.45) is 0. The van der Waals surface area contributed by atoms with Gasteiger partial charge >= 0.3 is 0 Å². The normalized spacial score (nSPS) is 11.3. The standard InChI is InChI=1S/C9H9BrFNO2S/c1-7(10)6-12-15(13,14)9-4-2-3-8(11)5-9/h2-5,12H,1,6H2. The summed E-state index contributed by atoms with van der Waals surface area (Å²) in [6, 6.07) is 4.80. The van der Waals surface area contributed by atoms with Gasteiger partial charge in [-0.3, -0.25) is 0 Å². The van der Waals surface area contributed by atoms with Gasteiger partial charge in [-0.15, -0.1) is 0 Å². The Balaban J connectivity index is 2.91. The Bertz CT molecular complexity index is 473. The molecular weight excluding hydrogens is 285 g/mol. The van der Waals surface area contributed by atoms with Gasteiger partial charge in [0, 0.05) is 11.0 Å². The van der Waals surface area contributed by atoms with Crippen molar-refractivity contribution in [3.05, 3.63) is 41.1 Å². The van der Waals surface area contributed by atoms with Crippen LogP contribution in [-0.2, 0) is 10.0 Å². The molecule has 0 aliphatic rings. The summed E-state index contributed by atoms with van der Waals surface area (Å²) in [5.74, 6) is -0.587. The molecular formula is C9H9BrFNO2S. The van der Waals surface area contributed by atoms with Crippen molar-refractivity contribution in [2.45, 2.75) is 4.90 Å². The minimum Gasteiger partial charge on any atom is -0.207 e. The van der Waals surface area contributed by atoms with E-state index < -0.39 is 15.8 Å². The van der Waals surface area contributed by atoms with Gasteiger partial charge in [0.1, 0.15) is 5.82 Å². The van der Waals surface area contributed by atoms with E-state index in [1.807, 2.05) is 0 Å². The molecule has 1 rings (SSSR count). The molecule has 0 unspecified atom stereocenters. The molecule has 0 spiro atoms. The van der Waals surface area contributed by atoms with Gasteiger partial charge in [-0.05, 0) is 18.2 Å². The van der Waals surface area contributed by atoms with Crippen LogP contribution in [0.5, 0.6) is 0 Å². The second kappa shape index (κ2) is 4.87. The lowest BCUT2D eigenvalue weighted by atomic mass is 10.4. The molecule has 0 amide bonds. The number of hydrogen-bond acceptors (Lipinski definition) is 2. The number of nitrogens with one attached hydrogen (secondary N) is 1. The van der Waals surface area contributed by atoms with E-state index in [0.29, 0.717) is 4.48 Å². The molecule has 0 heterocycles. The molecule has 15 heavy (non-hydrogen) atoms. The molecule has 0 fully saturated rings. The van der Waals surface area contributed by atoms with Crippen molar-refractivity contribution in [2.75, 3.05) is 6.54 Å². The maximum absolute atomic E-state index is 12.8. The third-order valence-corrected chi connectivity index (χ3v) is 3.24. The molecule has 0 radical (unpaired) electrons. The van der Waals surface area contributed by atoms with Gasteiger partial charge in [-0.25, -0.2) is 17.5 Å². The van der Waals surface area contributed by atoms with E-state index in [-0.39, 0.29) is 11.4 Å². The van der Waals surface area contributed by atoms with E-state index in [0.717, 1.165) is 6.07 Å². The van der Waals surface area contributed by atoms with Gasteiger partial charge in [0.25, 0.3) is 0 Å². The topological polar surface area (TPSA) is 46.2 Å². The van der Waals surface area contributed by atoms with Crippen molar-refractivity contribution >= 4 is 26.0 Å². The van der Waals surface area contributed by atoms with E-state index in [1.54, 1.807) is 0 Å². The molecule has 0 aliphatic heterocycles. The Morgan fingerprint density at radius 2 is 2.20 bits per heavy atom. The third-order valence-electron chi connectivity index (χ3n) is 1.56. The molecule has 0 saturated carbocycles. The monoisotopic (exact) mass is 293 g/mol. The molecule has 3 nitrogen and oxygen atoms in total. The molecule has 0 bridgehead atoms. The minimum absolute atomic E-state index is 0.0683.